The van der Waals surface area contributed by atoms with Crippen LogP contribution in [0.5, 0.6) is 0 Å². The maximum atomic E-state index is 10.9. The largest absolute Gasteiger partial charge is 0.327 e. The van der Waals surface area contributed by atoms with Crippen LogP contribution in [0.4, 0.5) is 4.79 Å². The summed E-state index contributed by atoms with van der Waals surface area (Å²) in [6.45, 7) is 10.1. The molecule has 0 saturated carbocycles. The highest BCUT2D eigenvalue weighted by atomic mass is 32.1. The van der Waals surface area contributed by atoms with Crippen molar-refractivity contribution in [2.45, 2.75) is 26.8 Å². The monoisotopic (exact) mass is 173 g/mol. The molecule has 0 fully saturated rings. The van der Waals surface area contributed by atoms with Crippen LogP contribution >= 0.6 is 12.6 Å². The second-order valence-electron chi connectivity index (χ2n) is 2.96. The van der Waals surface area contributed by atoms with Gasteiger partial charge in [-0.2, -0.15) is 0 Å². The zero-order chi connectivity index (χ0) is 9.02. The first-order chi connectivity index (χ1) is 4.95. The molecule has 0 atom stereocenters. The fraction of sp³-hybridized carbons (Fsp3) is 0.625. The molecule has 0 N–H and O–H groups in total. The van der Waals surface area contributed by atoms with E-state index in [9.17, 15) is 4.79 Å². The normalized spacial score (nSPS) is 9.91. The third kappa shape index (κ3) is 4.09. The first kappa shape index (κ1) is 10.6. The summed E-state index contributed by atoms with van der Waals surface area (Å²) in [6.07, 6.45) is 0. The minimum absolute atomic E-state index is 0.191. The Morgan fingerprint density at radius 3 is 2.18 bits per heavy atom. The van der Waals surface area contributed by atoms with Gasteiger partial charge in [-0.3, -0.25) is 4.79 Å². The van der Waals surface area contributed by atoms with Crippen molar-refractivity contribution in [3.05, 3.63) is 12.2 Å². The van der Waals surface area contributed by atoms with Crippen LogP contribution in [0.3, 0.4) is 0 Å². The van der Waals surface area contributed by atoms with Gasteiger partial charge in [-0.05, 0) is 20.8 Å². The first-order valence-electron chi connectivity index (χ1n) is 3.59. The van der Waals surface area contributed by atoms with Gasteiger partial charge < -0.3 is 4.90 Å². The predicted molar refractivity (Wildman–Crippen MR) is 51.0 cm³/mol. The van der Waals surface area contributed by atoms with Crippen LogP contribution in [0.1, 0.15) is 20.8 Å². The molecule has 0 aromatic heterocycles. The Balaban J connectivity index is 4.12. The van der Waals surface area contributed by atoms with Crippen LogP contribution in [0.25, 0.3) is 0 Å². The average Bonchev–Trinajstić information content (AvgIpc) is 1.81. The van der Waals surface area contributed by atoms with Crippen LogP contribution in [0.15, 0.2) is 12.2 Å². The molecule has 0 spiro atoms. The molecular weight excluding hydrogens is 158 g/mol. The minimum atomic E-state index is -0.192. The van der Waals surface area contributed by atoms with Gasteiger partial charge in [0.05, 0.1) is 0 Å². The van der Waals surface area contributed by atoms with Gasteiger partial charge in [0.2, 0.25) is 0 Å². The summed E-state index contributed by atoms with van der Waals surface area (Å²) in [6, 6.07) is 0.191. The van der Waals surface area contributed by atoms with E-state index in [4.69, 9.17) is 0 Å². The predicted octanol–water partition coefficient (Wildman–Crippen LogP) is 2.32. The molecule has 0 aromatic rings. The van der Waals surface area contributed by atoms with Gasteiger partial charge in [0.15, 0.2) is 0 Å². The quantitative estimate of drug-likeness (QED) is 0.513. The lowest BCUT2D eigenvalue weighted by Gasteiger charge is -2.24. The molecule has 1 amide bonds. The first-order valence-corrected chi connectivity index (χ1v) is 4.03. The van der Waals surface area contributed by atoms with Gasteiger partial charge in [-0.25, -0.2) is 0 Å². The molecule has 3 heteroatoms. The number of carbonyl (C=O) groups excluding carboxylic acids is 1. The second kappa shape index (κ2) is 4.44. The number of nitrogens with zero attached hydrogens (tertiary/aromatic N) is 1. The minimum Gasteiger partial charge on any atom is -0.327 e. The molecule has 0 aliphatic carbocycles. The molecule has 11 heavy (non-hydrogen) atoms. The van der Waals surface area contributed by atoms with Gasteiger partial charge in [-0.1, -0.05) is 24.8 Å². The maximum Gasteiger partial charge on any atom is 0.279 e. The summed E-state index contributed by atoms with van der Waals surface area (Å²) in [5.74, 6) is 0. The standard InChI is InChI=1S/C8H15NOS/c1-6(2)5-9(7(3)4)8(10)11/h7H,1,5H2,2-4H3,(H,10,11). The molecule has 0 bridgehead atoms. The Hall–Kier alpha value is -0.440. The third-order valence-corrected chi connectivity index (χ3v) is 1.57. The van der Waals surface area contributed by atoms with E-state index in [1.54, 1.807) is 4.90 Å². The maximum absolute atomic E-state index is 10.9. The lowest BCUT2D eigenvalue weighted by atomic mass is 10.3. The van der Waals surface area contributed by atoms with Crippen LogP contribution in [0, 0.1) is 0 Å². The number of carbonyl (C=O) groups is 1. The smallest absolute Gasteiger partial charge is 0.279 e. The van der Waals surface area contributed by atoms with E-state index < -0.39 is 0 Å². The van der Waals surface area contributed by atoms with E-state index in [0.717, 1.165) is 5.57 Å². The Morgan fingerprint density at radius 2 is 2.09 bits per heavy atom. The number of thiol groups is 1. The topological polar surface area (TPSA) is 20.3 Å². The Kier molecular flexibility index (Phi) is 4.26. The molecule has 0 rings (SSSR count). The molecule has 2 nitrogen and oxygen atoms in total. The number of rotatable bonds is 3. The van der Waals surface area contributed by atoms with E-state index in [-0.39, 0.29) is 11.3 Å². The van der Waals surface area contributed by atoms with Crippen LogP contribution in [-0.4, -0.2) is 22.7 Å². The highest BCUT2D eigenvalue weighted by Gasteiger charge is 2.12. The fourth-order valence-corrected chi connectivity index (χ4v) is 1.06. The van der Waals surface area contributed by atoms with E-state index in [2.05, 4.69) is 19.2 Å². The lowest BCUT2D eigenvalue weighted by Crippen LogP contribution is -2.34. The number of hydrogen-bond donors (Lipinski definition) is 1. The summed E-state index contributed by atoms with van der Waals surface area (Å²) < 4.78 is 0. The summed E-state index contributed by atoms with van der Waals surface area (Å²) in [5, 5.41) is -0.192. The van der Waals surface area contributed by atoms with Gasteiger partial charge in [0.25, 0.3) is 5.24 Å². The van der Waals surface area contributed by atoms with Gasteiger partial charge in [0, 0.05) is 12.6 Å². The molecule has 0 saturated heterocycles. The highest BCUT2D eigenvalue weighted by molar-refractivity contribution is 7.96. The summed E-state index contributed by atoms with van der Waals surface area (Å²) in [4.78, 5) is 12.5. The summed E-state index contributed by atoms with van der Waals surface area (Å²) in [7, 11) is 0. The van der Waals surface area contributed by atoms with Crippen molar-refractivity contribution >= 4 is 17.9 Å². The van der Waals surface area contributed by atoms with Crippen LogP contribution in [-0.2, 0) is 0 Å². The van der Waals surface area contributed by atoms with E-state index in [1.807, 2.05) is 20.8 Å². The van der Waals surface area contributed by atoms with Crippen LogP contribution in [0.2, 0.25) is 0 Å². The number of hydrogen-bond acceptors (Lipinski definition) is 1. The van der Waals surface area contributed by atoms with Crippen molar-refractivity contribution in [3.63, 3.8) is 0 Å². The fourth-order valence-electron chi connectivity index (χ4n) is 0.762. The molecule has 0 radical (unpaired) electrons. The molecule has 64 valence electrons. The zero-order valence-electron chi connectivity index (χ0n) is 7.29. The van der Waals surface area contributed by atoms with Crippen molar-refractivity contribution in [3.8, 4) is 0 Å². The molecular formula is C8H15NOS. The second-order valence-corrected chi connectivity index (χ2v) is 3.34. The molecule has 0 aliphatic rings. The molecule has 0 aliphatic heterocycles. The van der Waals surface area contributed by atoms with Crippen molar-refractivity contribution in [2.75, 3.05) is 6.54 Å². The molecule has 0 unspecified atom stereocenters. The van der Waals surface area contributed by atoms with Crippen molar-refractivity contribution < 1.29 is 4.79 Å². The van der Waals surface area contributed by atoms with Crippen molar-refractivity contribution in [1.29, 1.82) is 0 Å². The van der Waals surface area contributed by atoms with Gasteiger partial charge in [-0.15, -0.1) is 0 Å². The highest BCUT2D eigenvalue weighted by Crippen LogP contribution is 2.05. The Morgan fingerprint density at radius 1 is 1.64 bits per heavy atom. The Labute approximate surface area is 73.7 Å². The summed E-state index contributed by atoms with van der Waals surface area (Å²) >= 11 is 3.75. The average molecular weight is 173 g/mol. The van der Waals surface area contributed by atoms with Crippen LogP contribution < -0.4 is 0 Å². The number of amides is 1. The third-order valence-electron chi connectivity index (χ3n) is 1.31. The zero-order valence-corrected chi connectivity index (χ0v) is 8.19. The molecule has 0 heterocycles. The SMILES string of the molecule is C=C(C)CN(C(=O)S)C(C)C. The Bertz CT molecular complexity index is 165. The molecule has 0 aromatic carbocycles. The van der Waals surface area contributed by atoms with Gasteiger partial charge in [0.1, 0.15) is 0 Å². The van der Waals surface area contributed by atoms with E-state index in [1.165, 1.54) is 0 Å². The lowest BCUT2D eigenvalue weighted by molar-refractivity contribution is 0.215. The van der Waals surface area contributed by atoms with Crippen molar-refractivity contribution in [1.82, 2.24) is 4.90 Å². The van der Waals surface area contributed by atoms with Crippen molar-refractivity contribution in [2.24, 2.45) is 0 Å². The van der Waals surface area contributed by atoms with E-state index in [0.29, 0.717) is 6.54 Å². The van der Waals surface area contributed by atoms with Gasteiger partial charge >= 0.3 is 0 Å². The summed E-state index contributed by atoms with van der Waals surface area (Å²) in [5.41, 5.74) is 0.973. The van der Waals surface area contributed by atoms with E-state index >= 15 is 0 Å².